The average molecular weight is 591 g/mol. The van der Waals surface area contributed by atoms with Crippen molar-refractivity contribution in [1.29, 1.82) is 0 Å². The van der Waals surface area contributed by atoms with Crippen LogP contribution in [-0.2, 0) is 11.2 Å². The van der Waals surface area contributed by atoms with Crippen molar-refractivity contribution in [2.75, 3.05) is 5.75 Å². The number of carbonyl (C=O) groups excluding carboxylic acids is 1. The summed E-state index contributed by atoms with van der Waals surface area (Å²) in [6.07, 6.45) is -1.82. The summed E-state index contributed by atoms with van der Waals surface area (Å²) in [5.41, 5.74) is 6.14. The Balaban J connectivity index is 1.22. The quantitative estimate of drug-likeness (QED) is 0.245. The van der Waals surface area contributed by atoms with Gasteiger partial charge in [-0.25, -0.2) is 14.7 Å². The lowest BCUT2D eigenvalue weighted by atomic mass is 10.0. The number of nitrogens with zero attached hydrogens (tertiary/aromatic N) is 6. The van der Waals surface area contributed by atoms with Crippen LogP contribution in [0.1, 0.15) is 42.9 Å². The highest BCUT2D eigenvalue weighted by molar-refractivity contribution is 8.15. The van der Waals surface area contributed by atoms with E-state index in [0.717, 1.165) is 40.1 Å². The summed E-state index contributed by atoms with van der Waals surface area (Å²) in [5.74, 6) is 0.644. The summed E-state index contributed by atoms with van der Waals surface area (Å²) in [5, 5.41) is 11.3. The molecule has 8 nitrogen and oxygen atoms in total. The van der Waals surface area contributed by atoms with Gasteiger partial charge in [0.2, 0.25) is 0 Å². The Labute approximate surface area is 243 Å². The largest absolute Gasteiger partial charge is 0.573 e. The maximum Gasteiger partial charge on any atom is 0.573 e. The first-order valence-corrected chi connectivity index (χ1v) is 14.3. The monoisotopic (exact) mass is 590 g/mol. The fourth-order valence-corrected chi connectivity index (χ4v) is 5.67. The van der Waals surface area contributed by atoms with Crippen LogP contribution in [0.25, 0.3) is 17.1 Å². The molecule has 4 aromatic rings. The Morgan fingerprint density at radius 2 is 1.81 bits per heavy atom. The second-order valence-corrected chi connectivity index (χ2v) is 11.0. The maximum atomic E-state index is 12.8. The lowest BCUT2D eigenvalue weighted by Crippen LogP contribution is -2.25. The SMILES string of the molecule is CC(C)c1ccccc1/N=C1/SCC(=O)N1/N=C1\CCc2cc(-c3ncn(-c4ccc(OC(F)(F)F)cc4)n3)ccc21. The molecule has 1 fully saturated rings. The van der Waals surface area contributed by atoms with Gasteiger partial charge < -0.3 is 4.74 Å². The van der Waals surface area contributed by atoms with Crippen molar-refractivity contribution >= 4 is 34.2 Å². The number of aliphatic imine (C=N–C) groups is 1. The summed E-state index contributed by atoms with van der Waals surface area (Å²) in [4.78, 5) is 22.0. The second kappa shape index (κ2) is 11.1. The first kappa shape index (κ1) is 27.7. The van der Waals surface area contributed by atoms with Crippen molar-refractivity contribution < 1.29 is 22.7 Å². The molecule has 0 N–H and O–H groups in total. The van der Waals surface area contributed by atoms with E-state index in [4.69, 9.17) is 10.1 Å². The van der Waals surface area contributed by atoms with Gasteiger partial charge in [-0.1, -0.05) is 55.9 Å². The lowest BCUT2D eigenvalue weighted by Gasteiger charge is -2.13. The number of fused-ring (bicyclic) bond motifs is 1. The minimum atomic E-state index is -4.75. The molecule has 1 saturated heterocycles. The fraction of sp³-hybridized carbons (Fsp3) is 0.233. The first-order chi connectivity index (χ1) is 20.1. The summed E-state index contributed by atoms with van der Waals surface area (Å²) in [7, 11) is 0. The highest BCUT2D eigenvalue weighted by Crippen LogP contribution is 2.32. The second-order valence-electron chi connectivity index (χ2n) is 10.1. The zero-order chi connectivity index (χ0) is 29.4. The number of ether oxygens (including phenoxy) is 1. The molecule has 1 aromatic heterocycles. The van der Waals surface area contributed by atoms with Crippen LogP contribution in [-0.4, -0.2) is 48.7 Å². The van der Waals surface area contributed by atoms with Crippen molar-refractivity contribution in [2.45, 2.75) is 39.0 Å². The van der Waals surface area contributed by atoms with Crippen molar-refractivity contribution in [2.24, 2.45) is 10.1 Å². The van der Waals surface area contributed by atoms with E-state index >= 15 is 0 Å². The summed E-state index contributed by atoms with van der Waals surface area (Å²) >= 11 is 1.39. The highest BCUT2D eigenvalue weighted by Gasteiger charge is 2.32. The molecule has 0 radical (unpaired) electrons. The van der Waals surface area contributed by atoms with Crippen LogP contribution in [0.4, 0.5) is 18.9 Å². The molecule has 0 spiro atoms. The highest BCUT2D eigenvalue weighted by atomic mass is 32.2. The van der Waals surface area contributed by atoms with Gasteiger partial charge in [-0.15, -0.1) is 18.3 Å². The number of amides is 1. The van der Waals surface area contributed by atoms with E-state index < -0.39 is 6.36 Å². The number of halogens is 3. The number of hydrogen-bond acceptors (Lipinski definition) is 7. The predicted octanol–water partition coefficient (Wildman–Crippen LogP) is 6.87. The molecule has 1 aliphatic carbocycles. The summed E-state index contributed by atoms with van der Waals surface area (Å²) in [6, 6.07) is 19.2. The van der Waals surface area contributed by atoms with E-state index in [9.17, 15) is 18.0 Å². The van der Waals surface area contributed by atoms with Crippen molar-refractivity contribution in [3.8, 4) is 22.8 Å². The molecule has 2 aliphatic rings. The van der Waals surface area contributed by atoms with Gasteiger partial charge in [-0.3, -0.25) is 4.79 Å². The van der Waals surface area contributed by atoms with Crippen LogP contribution in [0.5, 0.6) is 5.75 Å². The molecule has 1 amide bonds. The summed E-state index contributed by atoms with van der Waals surface area (Å²) < 4.78 is 42.8. The number of aromatic nitrogens is 3. The van der Waals surface area contributed by atoms with Gasteiger partial charge in [0.25, 0.3) is 5.91 Å². The number of carbonyl (C=O) groups is 1. The topological polar surface area (TPSA) is 85.0 Å². The third-order valence-corrected chi connectivity index (χ3v) is 7.78. The molecule has 42 heavy (non-hydrogen) atoms. The van der Waals surface area contributed by atoms with Crippen molar-refractivity contribution in [3.63, 3.8) is 0 Å². The zero-order valence-electron chi connectivity index (χ0n) is 22.7. The Morgan fingerprint density at radius 3 is 2.57 bits per heavy atom. The number of hydrazone groups is 1. The Bertz CT molecular complexity index is 1710. The van der Waals surface area contributed by atoms with Crippen LogP contribution in [0.2, 0.25) is 0 Å². The smallest absolute Gasteiger partial charge is 0.406 e. The van der Waals surface area contributed by atoms with E-state index in [1.54, 1.807) is 0 Å². The normalized spacial score (nSPS) is 17.1. The lowest BCUT2D eigenvalue weighted by molar-refractivity contribution is -0.274. The average Bonchev–Trinajstić information content (AvgIpc) is 3.69. The number of amidine groups is 1. The standard InChI is InChI=1S/C30H25F3N6O2S/c1-18(2)23-5-3-4-6-25(23)35-29-39(27(40)16-42-29)36-26-14-8-19-15-20(7-13-24(19)26)28-34-17-38(37-28)21-9-11-22(12-10-21)41-30(31,32)33/h3-7,9-13,15,17-18H,8,14,16H2,1-2H3/b35-29+,36-26+. The molecule has 0 unspecified atom stereocenters. The van der Waals surface area contributed by atoms with Gasteiger partial charge in [-0.05, 0) is 66.3 Å². The Kier molecular flexibility index (Phi) is 7.31. The van der Waals surface area contributed by atoms with E-state index in [2.05, 4.69) is 28.7 Å². The van der Waals surface area contributed by atoms with Crippen LogP contribution in [0, 0.1) is 0 Å². The van der Waals surface area contributed by atoms with E-state index in [1.807, 2.05) is 42.5 Å². The molecule has 6 rings (SSSR count). The summed E-state index contributed by atoms with van der Waals surface area (Å²) in [6.45, 7) is 4.23. The number of rotatable bonds is 6. The fourth-order valence-electron chi connectivity index (χ4n) is 4.87. The van der Waals surface area contributed by atoms with Gasteiger partial charge >= 0.3 is 6.36 Å². The van der Waals surface area contributed by atoms with Crippen LogP contribution in [0.3, 0.4) is 0 Å². The predicted molar refractivity (Wildman–Crippen MR) is 155 cm³/mol. The van der Waals surface area contributed by atoms with Gasteiger partial charge in [0.15, 0.2) is 11.0 Å². The number of hydrogen-bond donors (Lipinski definition) is 0. The molecule has 214 valence electrons. The number of aryl methyl sites for hydroxylation is 1. The molecule has 1 aliphatic heterocycles. The number of para-hydroxylation sites is 1. The molecule has 3 aromatic carbocycles. The van der Waals surface area contributed by atoms with Gasteiger partial charge in [-0.2, -0.15) is 10.1 Å². The van der Waals surface area contributed by atoms with Crippen LogP contribution >= 0.6 is 11.8 Å². The molecule has 0 bridgehead atoms. The Morgan fingerprint density at radius 1 is 1.02 bits per heavy atom. The van der Waals surface area contributed by atoms with Crippen LogP contribution in [0.15, 0.2) is 83.2 Å². The third-order valence-electron chi connectivity index (χ3n) is 6.87. The minimum Gasteiger partial charge on any atom is -0.406 e. The molecular formula is C30H25F3N6O2S. The van der Waals surface area contributed by atoms with Crippen molar-refractivity contribution in [1.82, 2.24) is 19.8 Å². The molecular weight excluding hydrogens is 565 g/mol. The number of alkyl halides is 3. The van der Waals surface area contributed by atoms with Gasteiger partial charge in [0.1, 0.15) is 12.1 Å². The van der Waals surface area contributed by atoms with E-state index in [-0.39, 0.29) is 17.4 Å². The Hall–Kier alpha value is -4.45. The molecule has 0 saturated carbocycles. The van der Waals surface area contributed by atoms with Crippen molar-refractivity contribution in [3.05, 3.63) is 89.7 Å². The van der Waals surface area contributed by atoms with Crippen LogP contribution < -0.4 is 4.74 Å². The third kappa shape index (κ3) is 5.80. The number of benzene rings is 3. The maximum absolute atomic E-state index is 12.8. The van der Waals surface area contributed by atoms with E-state index in [0.29, 0.717) is 29.0 Å². The minimum absolute atomic E-state index is 0.105. The zero-order valence-corrected chi connectivity index (χ0v) is 23.5. The molecule has 0 atom stereocenters. The van der Waals surface area contributed by atoms with E-state index in [1.165, 1.54) is 52.0 Å². The number of thioether (sulfide) groups is 1. The molecule has 2 heterocycles. The molecule has 12 heteroatoms. The first-order valence-electron chi connectivity index (χ1n) is 13.3. The van der Waals surface area contributed by atoms with Gasteiger partial charge in [0, 0.05) is 11.1 Å². The van der Waals surface area contributed by atoms with Gasteiger partial charge in [0.05, 0.1) is 22.8 Å².